The predicted octanol–water partition coefficient (Wildman–Crippen LogP) is 3.81. The topological polar surface area (TPSA) is 113 Å². The van der Waals surface area contributed by atoms with Gasteiger partial charge in [-0.2, -0.15) is 0 Å². The lowest BCUT2D eigenvalue weighted by atomic mass is 10.0. The third-order valence-corrected chi connectivity index (χ3v) is 3.97. The molecule has 0 aliphatic rings. The first-order valence-corrected chi connectivity index (χ1v) is 7.60. The molecule has 6 heteroatoms. The highest BCUT2D eigenvalue weighted by molar-refractivity contribution is 5.85. The Kier molecular flexibility index (Phi) is 4.36. The third-order valence-electron chi connectivity index (χ3n) is 3.97. The van der Waals surface area contributed by atoms with E-state index in [0.29, 0.717) is 11.6 Å². The summed E-state index contributed by atoms with van der Waals surface area (Å²) in [7, 11) is 0. The number of rotatable bonds is 2. The fourth-order valence-corrected chi connectivity index (χ4v) is 2.64. The molecular formula is C19H18N6. The highest BCUT2D eigenvalue weighted by Crippen LogP contribution is 2.26. The number of benzene rings is 1. The van der Waals surface area contributed by atoms with Gasteiger partial charge in [0.25, 0.3) is 0 Å². The van der Waals surface area contributed by atoms with Crippen LogP contribution in [0, 0.1) is 6.92 Å². The van der Waals surface area contributed by atoms with E-state index in [4.69, 9.17) is 5.73 Å². The van der Waals surface area contributed by atoms with Crippen LogP contribution in [0.5, 0.6) is 0 Å². The molecule has 0 spiro atoms. The molecule has 5 N–H and O–H groups in total. The molecule has 0 aliphatic carbocycles. The molecule has 4 aromatic rings. The van der Waals surface area contributed by atoms with E-state index in [1.807, 2.05) is 30.6 Å². The number of aryl methyl sites for hydroxylation is 1. The zero-order valence-corrected chi connectivity index (χ0v) is 13.8. The van der Waals surface area contributed by atoms with Gasteiger partial charge >= 0.3 is 0 Å². The Morgan fingerprint density at radius 2 is 1.72 bits per heavy atom. The molecule has 4 rings (SSSR count). The Morgan fingerprint density at radius 1 is 0.880 bits per heavy atom. The Balaban J connectivity index is 0.00000182. The average Bonchev–Trinajstić information content (AvgIpc) is 2.62. The highest BCUT2D eigenvalue weighted by Gasteiger charge is 2.07. The molecule has 0 bridgehead atoms. The number of nitrogens with two attached hydrogens (primary N) is 1. The van der Waals surface area contributed by atoms with Crippen LogP contribution >= 0.6 is 0 Å². The summed E-state index contributed by atoms with van der Waals surface area (Å²) in [6, 6.07) is 11.8. The van der Waals surface area contributed by atoms with Gasteiger partial charge in [0, 0.05) is 41.3 Å². The van der Waals surface area contributed by atoms with Crippen LogP contribution in [0.25, 0.3) is 33.4 Å². The van der Waals surface area contributed by atoms with E-state index in [1.165, 1.54) is 5.56 Å². The van der Waals surface area contributed by atoms with Gasteiger partial charge in [-0.1, -0.05) is 6.07 Å². The number of pyridine rings is 2. The monoisotopic (exact) mass is 330 g/mol. The zero-order chi connectivity index (χ0) is 16.5. The summed E-state index contributed by atoms with van der Waals surface area (Å²) in [5.74, 6) is 1.12. The molecule has 0 atom stereocenters. The van der Waals surface area contributed by atoms with Gasteiger partial charge in [-0.25, -0.2) is 15.0 Å². The highest BCUT2D eigenvalue weighted by atomic mass is 14.9. The molecular weight excluding hydrogens is 312 g/mol. The minimum atomic E-state index is 0. The molecule has 0 saturated carbocycles. The van der Waals surface area contributed by atoms with Crippen LogP contribution in [0.2, 0.25) is 0 Å². The first-order chi connectivity index (χ1) is 11.7. The normalized spacial score (nSPS) is 10.4. The predicted molar refractivity (Wildman–Crippen MR) is 100 cm³/mol. The van der Waals surface area contributed by atoms with E-state index in [0.717, 1.165) is 27.6 Å². The van der Waals surface area contributed by atoms with Crippen molar-refractivity contribution in [3.63, 3.8) is 0 Å². The second-order valence-corrected chi connectivity index (χ2v) is 5.63. The molecule has 6 nitrogen and oxygen atoms in total. The lowest BCUT2D eigenvalue weighted by molar-refractivity contribution is 1.21. The van der Waals surface area contributed by atoms with Gasteiger partial charge in [-0.3, -0.25) is 4.98 Å². The third kappa shape index (κ3) is 3.15. The van der Waals surface area contributed by atoms with Gasteiger partial charge in [0.1, 0.15) is 5.82 Å². The summed E-state index contributed by atoms with van der Waals surface area (Å²) in [4.78, 5) is 17.4. The summed E-state index contributed by atoms with van der Waals surface area (Å²) in [5.41, 5.74) is 10.8. The second-order valence-electron chi connectivity index (χ2n) is 5.63. The van der Waals surface area contributed by atoms with Gasteiger partial charge in [-0.05, 0) is 48.4 Å². The van der Waals surface area contributed by atoms with Crippen molar-refractivity contribution < 1.29 is 0 Å². The van der Waals surface area contributed by atoms with Crippen molar-refractivity contribution in [3.05, 3.63) is 66.7 Å². The number of aromatic nitrogens is 4. The lowest BCUT2D eigenvalue weighted by Gasteiger charge is -2.07. The molecule has 0 fully saturated rings. The Morgan fingerprint density at radius 3 is 2.48 bits per heavy atom. The maximum atomic E-state index is 5.62. The molecule has 3 aromatic heterocycles. The summed E-state index contributed by atoms with van der Waals surface area (Å²) in [5, 5.41) is 0.989. The van der Waals surface area contributed by atoms with Crippen LogP contribution in [0.4, 0.5) is 5.82 Å². The van der Waals surface area contributed by atoms with Crippen molar-refractivity contribution in [2.24, 2.45) is 0 Å². The molecule has 0 aliphatic heterocycles. The van der Waals surface area contributed by atoms with E-state index in [-0.39, 0.29) is 6.15 Å². The molecule has 3 heterocycles. The lowest BCUT2D eigenvalue weighted by Crippen LogP contribution is -1.93. The van der Waals surface area contributed by atoms with E-state index in [1.54, 1.807) is 18.5 Å². The summed E-state index contributed by atoms with van der Waals surface area (Å²) < 4.78 is 0. The Bertz CT molecular complexity index is 1030. The van der Waals surface area contributed by atoms with Gasteiger partial charge < -0.3 is 11.9 Å². The number of anilines is 1. The minimum Gasteiger partial charge on any atom is -0.384 e. The molecule has 0 saturated heterocycles. The van der Waals surface area contributed by atoms with Crippen molar-refractivity contribution in [2.45, 2.75) is 6.92 Å². The summed E-state index contributed by atoms with van der Waals surface area (Å²) >= 11 is 0. The van der Waals surface area contributed by atoms with Crippen molar-refractivity contribution in [1.82, 2.24) is 26.1 Å². The van der Waals surface area contributed by atoms with Crippen LogP contribution in [-0.2, 0) is 0 Å². The van der Waals surface area contributed by atoms with Crippen LogP contribution in [0.3, 0.4) is 0 Å². The smallest absolute Gasteiger partial charge is 0.161 e. The van der Waals surface area contributed by atoms with Gasteiger partial charge in [-0.15, -0.1) is 0 Å². The SMILES string of the molecule is Cc1ccncc1-c1ccc2nc(-c3ccc(N)nc3)ncc2c1.N. The Labute approximate surface area is 145 Å². The van der Waals surface area contributed by atoms with E-state index in [9.17, 15) is 0 Å². The maximum Gasteiger partial charge on any atom is 0.161 e. The zero-order valence-electron chi connectivity index (χ0n) is 13.8. The maximum absolute atomic E-state index is 5.62. The first-order valence-electron chi connectivity index (χ1n) is 7.60. The fourth-order valence-electron chi connectivity index (χ4n) is 2.64. The first kappa shape index (κ1) is 16.5. The largest absolute Gasteiger partial charge is 0.384 e. The van der Waals surface area contributed by atoms with Crippen molar-refractivity contribution in [1.29, 1.82) is 0 Å². The number of hydrogen-bond donors (Lipinski definition) is 2. The fraction of sp³-hybridized carbons (Fsp3) is 0.0526. The quantitative estimate of drug-likeness (QED) is 0.578. The molecule has 0 amide bonds. The van der Waals surface area contributed by atoms with Crippen molar-refractivity contribution in [3.8, 4) is 22.5 Å². The van der Waals surface area contributed by atoms with Crippen LogP contribution in [0.1, 0.15) is 5.56 Å². The molecule has 25 heavy (non-hydrogen) atoms. The van der Waals surface area contributed by atoms with Crippen molar-refractivity contribution in [2.75, 3.05) is 5.73 Å². The number of nitrogen functional groups attached to an aromatic ring is 1. The number of nitrogens with zero attached hydrogens (tertiary/aromatic N) is 4. The molecule has 0 radical (unpaired) electrons. The van der Waals surface area contributed by atoms with Crippen LogP contribution < -0.4 is 11.9 Å². The van der Waals surface area contributed by atoms with Gasteiger partial charge in [0.15, 0.2) is 5.82 Å². The molecule has 124 valence electrons. The standard InChI is InChI=1S/C19H15N5.H3N/c1-12-6-7-21-11-16(12)13-2-4-17-15(8-13)10-23-19(24-17)14-3-5-18(20)22-9-14;/h2-11H,1H3,(H2,20,22);1H3. The van der Waals surface area contributed by atoms with Crippen molar-refractivity contribution >= 4 is 16.7 Å². The van der Waals surface area contributed by atoms with E-state index >= 15 is 0 Å². The number of fused-ring (bicyclic) bond motifs is 1. The molecule has 1 aromatic carbocycles. The molecule has 0 unspecified atom stereocenters. The van der Waals surface area contributed by atoms with Crippen LogP contribution in [-0.4, -0.2) is 19.9 Å². The summed E-state index contributed by atoms with van der Waals surface area (Å²) in [6.07, 6.45) is 7.20. The minimum absolute atomic E-state index is 0. The van der Waals surface area contributed by atoms with Gasteiger partial charge in [0.2, 0.25) is 0 Å². The average molecular weight is 330 g/mol. The Hall–Kier alpha value is -3.38. The number of hydrogen-bond acceptors (Lipinski definition) is 6. The van der Waals surface area contributed by atoms with Crippen LogP contribution in [0.15, 0.2) is 61.2 Å². The van der Waals surface area contributed by atoms with E-state index in [2.05, 4.69) is 39.0 Å². The second kappa shape index (κ2) is 6.62. The van der Waals surface area contributed by atoms with E-state index < -0.39 is 0 Å². The van der Waals surface area contributed by atoms with Gasteiger partial charge in [0.05, 0.1) is 5.52 Å². The summed E-state index contributed by atoms with van der Waals surface area (Å²) in [6.45, 7) is 2.08.